The Labute approximate surface area is 129 Å². The molecule has 3 rings (SSSR count). The van der Waals surface area contributed by atoms with Gasteiger partial charge in [-0.15, -0.1) is 10.2 Å². The molecule has 0 aliphatic carbocycles. The Kier molecular flexibility index (Phi) is 4.19. The van der Waals surface area contributed by atoms with Gasteiger partial charge in [-0.2, -0.15) is 0 Å². The van der Waals surface area contributed by atoms with Crippen molar-refractivity contribution in [3.8, 4) is 0 Å². The highest BCUT2D eigenvalue weighted by atomic mass is 32.2. The third-order valence-corrected chi connectivity index (χ3v) is 4.23. The average molecular weight is 322 g/mol. The molecule has 3 heterocycles. The molecular weight excluding hydrogens is 304 g/mol. The Bertz CT molecular complexity index is 743. The fraction of sp³-hybridized carbons (Fsp3) is 0.462. The fourth-order valence-corrected chi connectivity index (χ4v) is 2.87. The van der Waals surface area contributed by atoms with Crippen LogP contribution in [0.3, 0.4) is 0 Å². The number of rotatable bonds is 5. The Morgan fingerprint density at radius 3 is 2.73 bits per heavy atom. The summed E-state index contributed by atoms with van der Waals surface area (Å²) in [6.07, 6.45) is 4.71. The number of fused-ring (bicyclic) bond motifs is 1. The molecule has 22 heavy (non-hydrogen) atoms. The zero-order valence-electron chi connectivity index (χ0n) is 12.3. The predicted octanol–water partition coefficient (Wildman–Crippen LogP) is -0.262. The highest BCUT2D eigenvalue weighted by Crippen LogP contribution is 2.15. The van der Waals surface area contributed by atoms with E-state index >= 15 is 0 Å². The van der Waals surface area contributed by atoms with Crippen molar-refractivity contribution in [2.75, 3.05) is 12.8 Å². The van der Waals surface area contributed by atoms with Gasteiger partial charge >= 0.3 is 0 Å². The molecule has 1 N–H and O–H groups in total. The van der Waals surface area contributed by atoms with E-state index in [2.05, 4.69) is 24.8 Å². The summed E-state index contributed by atoms with van der Waals surface area (Å²) in [6.45, 7) is 3.35. The number of aromatic nitrogens is 4. The van der Waals surface area contributed by atoms with E-state index in [9.17, 15) is 8.42 Å². The van der Waals surface area contributed by atoms with Gasteiger partial charge in [-0.25, -0.2) is 13.1 Å². The standard InChI is InChI=1S/C13H18N6O2S/c1-22(20,21)15-8-12-16-17-13-10-18(6-7-19(12)13)9-11-2-4-14-5-3-11/h2-5,15H,6-10H2,1H3. The van der Waals surface area contributed by atoms with Gasteiger partial charge in [0.05, 0.1) is 19.3 Å². The molecule has 0 bridgehead atoms. The number of hydrogen-bond acceptors (Lipinski definition) is 6. The van der Waals surface area contributed by atoms with Crippen LogP contribution >= 0.6 is 0 Å². The number of hydrogen-bond donors (Lipinski definition) is 1. The third kappa shape index (κ3) is 3.67. The van der Waals surface area contributed by atoms with Crippen molar-refractivity contribution >= 4 is 10.0 Å². The molecule has 0 radical (unpaired) electrons. The van der Waals surface area contributed by atoms with Crippen molar-refractivity contribution in [3.05, 3.63) is 41.7 Å². The van der Waals surface area contributed by atoms with Crippen LogP contribution in [0.2, 0.25) is 0 Å². The topological polar surface area (TPSA) is 93.0 Å². The van der Waals surface area contributed by atoms with Crippen LogP contribution in [0.25, 0.3) is 0 Å². The van der Waals surface area contributed by atoms with E-state index in [0.29, 0.717) is 12.4 Å². The second-order valence-electron chi connectivity index (χ2n) is 5.34. The van der Waals surface area contributed by atoms with Crippen LogP contribution in [0.15, 0.2) is 24.5 Å². The first-order valence-electron chi connectivity index (χ1n) is 6.98. The lowest BCUT2D eigenvalue weighted by molar-refractivity contribution is 0.207. The molecule has 0 atom stereocenters. The molecule has 8 nitrogen and oxygen atoms in total. The maximum absolute atomic E-state index is 11.2. The van der Waals surface area contributed by atoms with Crippen molar-refractivity contribution in [1.82, 2.24) is 29.4 Å². The Balaban J connectivity index is 1.66. The molecule has 1 aliphatic rings. The largest absolute Gasteiger partial charge is 0.311 e. The highest BCUT2D eigenvalue weighted by molar-refractivity contribution is 7.88. The zero-order chi connectivity index (χ0) is 15.6. The average Bonchev–Trinajstić information content (AvgIpc) is 2.88. The van der Waals surface area contributed by atoms with Gasteiger partial charge in [0.15, 0.2) is 0 Å². The first kappa shape index (κ1) is 15.1. The van der Waals surface area contributed by atoms with Crippen LogP contribution in [0, 0.1) is 0 Å². The van der Waals surface area contributed by atoms with Gasteiger partial charge in [0.25, 0.3) is 0 Å². The van der Waals surface area contributed by atoms with Crippen molar-refractivity contribution in [1.29, 1.82) is 0 Å². The minimum atomic E-state index is -3.23. The molecule has 0 saturated carbocycles. The SMILES string of the molecule is CS(=O)(=O)NCc1nnc2n1CCN(Cc1ccncc1)C2. The van der Waals surface area contributed by atoms with Gasteiger partial charge in [-0.3, -0.25) is 9.88 Å². The van der Waals surface area contributed by atoms with E-state index in [-0.39, 0.29) is 6.54 Å². The lowest BCUT2D eigenvalue weighted by Crippen LogP contribution is -2.34. The smallest absolute Gasteiger partial charge is 0.209 e. The summed E-state index contributed by atoms with van der Waals surface area (Å²) in [5.41, 5.74) is 1.21. The van der Waals surface area contributed by atoms with Gasteiger partial charge in [0.2, 0.25) is 10.0 Å². The summed E-state index contributed by atoms with van der Waals surface area (Å²) in [6, 6.07) is 4.00. The molecule has 0 unspecified atom stereocenters. The first-order chi connectivity index (χ1) is 10.5. The number of sulfonamides is 1. The number of nitrogens with one attached hydrogen (secondary N) is 1. The molecule has 2 aromatic heterocycles. The molecule has 0 aromatic carbocycles. The minimum Gasteiger partial charge on any atom is -0.311 e. The summed E-state index contributed by atoms with van der Waals surface area (Å²) in [7, 11) is -3.23. The van der Waals surface area contributed by atoms with E-state index in [0.717, 1.165) is 31.7 Å². The molecule has 0 saturated heterocycles. The molecule has 0 amide bonds. The third-order valence-electron chi connectivity index (χ3n) is 3.56. The first-order valence-corrected chi connectivity index (χ1v) is 8.87. The van der Waals surface area contributed by atoms with Crippen LogP contribution in [0.5, 0.6) is 0 Å². The van der Waals surface area contributed by atoms with Gasteiger partial charge in [-0.05, 0) is 17.7 Å². The monoisotopic (exact) mass is 322 g/mol. The molecule has 2 aromatic rings. The Morgan fingerprint density at radius 1 is 1.23 bits per heavy atom. The lowest BCUT2D eigenvalue weighted by atomic mass is 10.2. The normalized spacial score (nSPS) is 15.7. The Morgan fingerprint density at radius 2 is 2.00 bits per heavy atom. The van der Waals surface area contributed by atoms with Crippen LogP contribution < -0.4 is 4.72 Å². The van der Waals surface area contributed by atoms with Gasteiger partial charge in [0, 0.05) is 32.0 Å². The van der Waals surface area contributed by atoms with E-state index in [1.54, 1.807) is 12.4 Å². The minimum absolute atomic E-state index is 0.177. The zero-order valence-corrected chi connectivity index (χ0v) is 13.1. The number of nitrogens with zero attached hydrogens (tertiary/aromatic N) is 5. The summed E-state index contributed by atoms with van der Waals surface area (Å²) in [5.74, 6) is 1.52. The maximum atomic E-state index is 11.2. The molecule has 118 valence electrons. The van der Waals surface area contributed by atoms with Gasteiger partial charge < -0.3 is 4.57 Å². The van der Waals surface area contributed by atoms with Crippen molar-refractivity contribution in [2.24, 2.45) is 0 Å². The molecule has 9 heteroatoms. The number of pyridine rings is 1. The lowest BCUT2D eigenvalue weighted by Gasteiger charge is -2.27. The van der Waals surface area contributed by atoms with Crippen LogP contribution in [0.4, 0.5) is 0 Å². The van der Waals surface area contributed by atoms with Gasteiger partial charge in [0.1, 0.15) is 11.6 Å². The van der Waals surface area contributed by atoms with E-state index in [4.69, 9.17) is 0 Å². The van der Waals surface area contributed by atoms with E-state index in [1.165, 1.54) is 5.56 Å². The molecule has 1 aliphatic heterocycles. The second-order valence-corrected chi connectivity index (χ2v) is 7.18. The van der Waals surface area contributed by atoms with E-state index in [1.807, 2.05) is 16.7 Å². The Hall–Kier alpha value is -1.84. The maximum Gasteiger partial charge on any atom is 0.209 e. The summed E-state index contributed by atoms with van der Waals surface area (Å²) in [5, 5.41) is 8.27. The molecule has 0 spiro atoms. The fourth-order valence-electron chi connectivity index (χ4n) is 2.48. The van der Waals surface area contributed by atoms with Crippen molar-refractivity contribution in [3.63, 3.8) is 0 Å². The second kappa shape index (κ2) is 6.11. The summed E-state index contributed by atoms with van der Waals surface area (Å²) >= 11 is 0. The van der Waals surface area contributed by atoms with Crippen LogP contribution in [0.1, 0.15) is 17.2 Å². The van der Waals surface area contributed by atoms with Gasteiger partial charge in [-0.1, -0.05) is 0 Å². The summed E-state index contributed by atoms with van der Waals surface area (Å²) < 4.78 is 26.8. The van der Waals surface area contributed by atoms with Crippen molar-refractivity contribution < 1.29 is 8.42 Å². The summed E-state index contributed by atoms with van der Waals surface area (Å²) in [4.78, 5) is 6.30. The molecule has 0 fully saturated rings. The van der Waals surface area contributed by atoms with Crippen molar-refractivity contribution in [2.45, 2.75) is 26.2 Å². The van der Waals surface area contributed by atoms with Crippen LogP contribution in [-0.4, -0.2) is 45.9 Å². The quantitative estimate of drug-likeness (QED) is 0.815. The van der Waals surface area contributed by atoms with E-state index < -0.39 is 10.0 Å². The molecular formula is C13H18N6O2S. The highest BCUT2D eigenvalue weighted by Gasteiger charge is 2.21. The van der Waals surface area contributed by atoms with Crippen LogP contribution in [-0.2, 0) is 36.2 Å². The predicted molar refractivity (Wildman–Crippen MR) is 80.1 cm³/mol.